The number of aryl methyl sites for hydroxylation is 2. The Hall–Kier alpha value is -1.44. The van der Waals surface area contributed by atoms with Gasteiger partial charge in [-0.15, -0.1) is 0 Å². The molecule has 0 radical (unpaired) electrons. The second-order valence-electron chi connectivity index (χ2n) is 4.38. The lowest BCUT2D eigenvalue weighted by molar-refractivity contribution is -0.384. The number of nitrogens with zero attached hydrogens (tertiary/aromatic N) is 3. The first-order chi connectivity index (χ1) is 8.88. The van der Waals surface area contributed by atoms with E-state index in [4.69, 9.17) is 0 Å². The van der Waals surface area contributed by atoms with E-state index >= 15 is 0 Å². The number of hydrogen-bond donors (Lipinski definition) is 1. The molecule has 0 saturated carbocycles. The van der Waals surface area contributed by atoms with Crippen LogP contribution in [0.25, 0.3) is 0 Å². The second kappa shape index (κ2) is 6.65. The number of aromatic nitrogens is 2. The van der Waals surface area contributed by atoms with Crippen molar-refractivity contribution in [3.05, 3.63) is 15.8 Å². The summed E-state index contributed by atoms with van der Waals surface area (Å²) in [4.78, 5) is 10.6. The molecule has 7 nitrogen and oxygen atoms in total. The average molecular weight is 288 g/mol. The van der Waals surface area contributed by atoms with E-state index in [9.17, 15) is 14.3 Å². The smallest absolute Gasteiger partial charge is 0.333 e. The maximum absolute atomic E-state index is 11.2. The minimum Gasteiger partial charge on any atom is -0.364 e. The molecule has 0 bridgehead atoms. The summed E-state index contributed by atoms with van der Waals surface area (Å²) in [5.74, 6) is 0.430. The van der Waals surface area contributed by atoms with E-state index in [0.29, 0.717) is 31.0 Å². The average Bonchev–Trinajstić information content (AvgIpc) is 2.65. The van der Waals surface area contributed by atoms with E-state index in [1.54, 1.807) is 17.9 Å². The van der Waals surface area contributed by atoms with Crippen LogP contribution in [0.2, 0.25) is 0 Å². The summed E-state index contributed by atoms with van der Waals surface area (Å²) in [7, 11) is -0.881. The van der Waals surface area contributed by atoms with Crippen LogP contribution in [-0.2, 0) is 17.3 Å². The molecule has 1 N–H and O–H groups in total. The molecule has 2 unspecified atom stereocenters. The molecule has 0 aliphatic heterocycles. The summed E-state index contributed by atoms with van der Waals surface area (Å²) in [5.41, 5.74) is 0.425. The summed E-state index contributed by atoms with van der Waals surface area (Å²) in [6, 6.07) is 0. The van der Waals surface area contributed by atoms with Crippen molar-refractivity contribution in [2.45, 2.75) is 39.0 Å². The molecule has 1 rings (SSSR count). The Bertz CT molecular complexity index is 487. The van der Waals surface area contributed by atoms with Crippen molar-refractivity contribution in [2.75, 3.05) is 18.1 Å². The quantitative estimate of drug-likeness (QED) is 0.609. The highest BCUT2D eigenvalue weighted by molar-refractivity contribution is 7.84. The van der Waals surface area contributed by atoms with Crippen LogP contribution in [-0.4, -0.2) is 37.0 Å². The van der Waals surface area contributed by atoms with E-state index < -0.39 is 15.7 Å². The Labute approximate surface area is 115 Å². The Kier molecular flexibility index (Phi) is 5.46. The van der Waals surface area contributed by atoms with Crippen molar-refractivity contribution in [1.29, 1.82) is 0 Å². The van der Waals surface area contributed by atoms with Crippen molar-refractivity contribution in [3.63, 3.8) is 0 Å². The van der Waals surface area contributed by atoms with Gasteiger partial charge in [-0.05, 0) is 20.3 Å². The number of anilines is 1. The lowest BCUT2D eigenvalue weighted by atomic mass is 10.3. The third-order valence-corrected chi connectivity index (χ3v) is 4.36. The van der Waals surface area contributed by atoms with Gasteiger partial charge in [0.1, 0.15) is 5.69 Å². The van der Waals surface area contributed by atoms with E-state index in [2.05, 4.69) is 10.4 Å². The van der Waals surface area contributed by atoms with Gasteiger partial charge < -0.3 is 5.32 Å². The number of nitrogens with one attached hydrogen (secondary N) is 1. The molecule has 1 aromatic rings. The monoisotopic (exact) mass is 288 g/mol. The largest absolute Gasteiger partial charge is 0.364 e. The SMILES string of the molecule is CCn1nc(C)c([N+](=O)[O-])c1NCCC(C)S(C)=O. The first kappa shape index (κ1) is 15.6. The van der Waals surface area contributed by atoms with Crippen molar-refractivity contribution < 1.29 is 9.13 Å². The first-order valence-electron chi connectivity index (χ1n) is 6.16. The fourth-order valence-corrected chi connectivity index (χ4v) is 2.20. The van der Waals surface area contributed by atoms with Crippen LogP contribution in [0.4, 0.5) is 11.5 Å². The topological polar surface area (TPSA) is 90.1 Å². The van der Waals surface area contributed by atoms with Crippen LogP contribution < -0.4 is 5.32 Å². The van der Waals surface area contributed by atoms with Gasteiger partial charge in [-0.2, -0.15) is 5.10 Å². The van der Waals surface area contributed by atoms with Crippen LogP contribution in [0.1, 0.15) is 26.0 Å². The second-order valence-corrected chi connectivity index (χ2v) is 6.18. The van der Waals surface area contributed by atoms with E-state index in [0.717, 1.165) is 0 Å². The minimum absolute atomic E-state index is 0.0205. The predicted octanol–water partition coefficient (Wildman–Crippen LogP) is 1.69. The van der Waals surface area contributed by atoms with Crippen LogP contribution in [0.5, 0.6) is 0 Å². The van der Waals surface area contributed by atoms with Gasteiger partial charge in [0.15, 0.2) is 0 Å². The van der Waals surface area contributed by atoms with Crippen molar-refractivity contribution in [3.8, 4) is 0 Å². The molecule has 8 heteroatoms. The summed E-state index contributed by atoms with van der Waals surface area (Å²) < 4.78 is 12.8. The first-order valence-corrected chi connectivity index (χ1v) is 7.78. The van der Waals surface area contributed by atoms with Crippen LogP contribution >= 0.6 is 0 Å². The van der Waals surface area contributed by atoms with Crippen LogP contribution in [0.3, 0.4) is 0 Å². The van der Waals surface area contributed by atoms with Gasteiger partial charge >= 0.3 is 5.69 Å². The zero-order valence-electron chi connectivity index (χ0n) is 11.7. The van der Waals surface area contributed by atoms with Gasteiger partial charge in [-0.3, -0.25) is 14.3 Å². The highest BCUT2D eigenvalue weighted by Gasteiger charge is 2.24. The van der Waals surface area contributed by atoms with Crippen LogP contribution in [0.15, 0.2) is 0 Å². The van der Waals surface area contributed by atoms with E-state index in [1.165, 1.54) is 0 Å². The maximum atomic E-state index is 11.2. The van der Waals surface area contributed by atoms with Crippen molar-refractivity contribution >= 4 is 22.3 Å². The predicted molar refractivity (Wildman–Crippen MR) is 75.9 cm³/mol. The Balaban J connectivity index is 2.82. The van der Waals surface area contributed by atoms with Gasteiger partial charge in [0, 0.05) is 35.4 Å². The van der Waals surface area contributed by atoms with Gasteiger partial charge in [0.05, 0.1) is 4.92 Å². The molecule has 1 aromatic heterocycles. The molecule has 0 amide bonds. The van der Waals surface area contributed by atoms with Gasteiger partial charge in [0.25, 0.3) is 0 Å². The molecule has 1 heterocycles. The molecular weight excluding hydrogens is 268 g/mol. The Morgan fingerprint density at radius 2 is 2.21 bits per heavy atom. The zero-order chi connectivity index (χ0) is 14.6. The number of nitro groups is 1. The zero-order valence-corrected chi connectivity index (χ0v) is 12.5. The summed E-state index contributed by atoms with van der Waals surface area (Å²) in [6.45, 7) is 6.50. The summed E-state index contributed by atoms with van der Waals surface area (Å²) in [5, 5.41) is 18.3. The molecule has 2 atom stereocenters. The van der Waals surface area contributed by atoms with E-state index in [1.807, 2.05) is 13.8 Å². The fraction of sp³-hybridized carbons (Fsp3) is 0.727. The van der Waals surface area contributed by atoms with Gasteiger partial charge in [-0.25, -0.2) is 4.68 Å². The molecule has 0 aliphatic rings. The van der Waals surface area contributed by atoms with E-state index in [-0.39, 0.29) is 10.9 Å². The maximum Gasteiger partial charge on any atom is 0.333 e. The summed E-state index contributed by atoms with van der Waals surface area (Å²) in [6.07, 6.45) is 2.35. The number of rotatable bonds is 7. The molecule has 0 aliphatic carbocycles. The minimum atomic E-state index is -0.881. The standard InChI is InChI=1S/C11H20N4O3S/c1-5-14-11(10(15(16)17)9(3)13-14)12-7-6-8(2)19(4)18/h8,12H,5-7H2,1-4H3. The van der Waals surface area contributed by atoms with Crippen molar-refractivity contribution in [2.24, 2.45) is 0 Å². The molecule has 19 heavy (non-hydrogen) atoms. The highest BCUT2D eigenvalue weighted by atomic mass is 32.2. The highest BCUT2D eigenvalue weighted by Crippen LogP contribution is 2.28. The Morgan fingerprint density at radius 1 is 1.58 bits per heavy atom. The lowest BCUT2D eigenvalue weighted by Gasteiger charge is -2.10. The number of hydrogen-bond acceptors (Lipinski definition) is 5. The molecule has 108 valence electrons. The van der Waals surface area contributed by atoms with Crippen LogP contribution in [0, 0.1) is 17.0 Å². The fourth-order valence-electron chi connectivity index (χ4n) is 1.75. The Morgan fingerprint density at radius 3 is 2.68 bits per heavy atom. The summed E-state index contributed by atoms with van der Waals surface area (Å²) >= 11 is 0. The lowest BCUT2D eigenvalue weighted by Crippen LogP contribution is -2.16. The third kappa shape index (κ3) is 3.76. The van der Waals surface area contributed by atoms with Gasteiger partial charge in [0.2, 0.25) is 5.82 Å². The third-order valence-electron chi connectivity index (χ3n) is 2.99. The normalized spacial score (nSPS) is 14.1. The molecule has 0 saturated heterocycles. The molecule has 0 aromatic carbocycles. The molecule has 0 spiro atoms. The van der Waals surface area contributed by atoms with Gasteiger partial charge in [-0.1, -0.05) is 6.92 Å². The molecule has 0 fully saturated rings. The van der Waals surface area contributed by atoms with Crippen molar-refractivity contribution in [1.82, 2.24) is 9.78 Å². The molecular formula is C11H20N4O3S.